The molecule has 0 radical (unpaired) electrons. The van der Waals surface area contributed by atoms with E-state index in [9.17, 15) is 5.11 Å². The smallest absolute Gasteiger partial charge is 0.0687 e. The van der Waals surface area contributed by atoms with Crippen LogP contribution >= 0.6 is 0 Å². The average Bonchev–Trinajstić information content (AvgIpc) is 2.77. The number of hydrogen-bond donors (Lipinski definition) is 2. The molecule has 0 bridgehead atoms. The van der Waals surface area contributed by atoms with E-state index in [1.54, 1.807) is 0 Å². The molecule has 3 N–H and O–H groups in total. The molecule has 2 rings (SSSR count). The largest absolute Gasteiger partial charge is 0.390 e. The molecule has 1 saturated heterocycles. The lowest BCUT2D eigenvalue weighted by Crippen LogP contribution is -2.34. The maximum Gasteiger partial charge on any atom is 0.0687 e. The molecule has 0 amide bonds. The molecular formula is C13H25NO2. The molecule has 2 fully saturated rings. The van der Waals surface area contributed by atoms with Crippen LogP contribution in [-0.4, -0.2) is 29.0 Å². The first kappa shape index (κ1) is 12.3. The van der Waals surface area contributed by atoms with E-state index in [4.69, 9.17) is 10.5 Å². The molecule has 2 unspecified atom stereocenters. The van der Waals surface area contributed by atoms with Crippen molar-refractivity contribution >= 4 is 0 Å². The summed E-state index contributed by atoms with van der Waals surface area (Å²) in [5.74, 6) is 0. The lowest BCUT2D eigenvalue weighted by molar-refractivity contribution is -0.0724. The minimum absolute atomic E-state index is 0.184. The zero-order valence-corrected chi connectivity index (χ0v) is 10.4. The molecule has 0 aromatic rings. The fourth-order valence-corrected chi connectivity index (χ4v) is 3.33. The summed E-state index contributed by atoms with van der Waals surface area (Å²) in [4.78, 5) is 0. The third-order valence-corrected chi connectivity index (χ3v) is 4.20. The summed E-state index contributed by atoms with van der Waals surface area (Å²) in [7, 11) is 0. The summed E-state index contributed by atoms with van der Waals surface area (Å²) in [6.45, 7) is 2.42. The maximum atomic E-state index is 10.1. The molecule has 1 aliphatic heterocycles. The van der Waals surface area contributed by atoms with Gasteiger partial charge in [-0.05, 0) is 45.6 Å². The van der Waals surface area contributed by atoms with Crippen molar-refractivity contribution < 1.29 is 9.84 Å². The Morgan fingerprint density at radius 3 is 2.69 bits per heavy atom. The van der Waals surface area contributed by atoms with Crippen LogP contribution < -0.4 is 5.73 Å². The van der Waals surface area contributed by atoms with Gasteiger partial charge in [0.1, 0.15) is 0 Å². The highest BCUT2D eigenvalue weighted by atomic mass is 16.5. The summed E-state index contributed by atoms with van der Waals surface area (Å²) in [5, 5.41) is 10.1. The second-order valence-electron chi connectivity index (χ2n) is 5.91. The molecule has 1 saturated carbocycles. The predicted octanol–water partition coefficient (Wildman–Crippen LogP) is 1.97. The SMILES string of the molecule is CC(O)(CCN)CC1CCC2(CCCC2)O1. The van der Waals surface area contributed by atoms with Crippen LogP contribution in [-0.2, 0) is 4.74 Å². The molecule has 1 heterocycles. The third kappa shape index (κ3) is 2.76. The van der Waals surface area contributed by atoms with Crippen molar-refractivity contribution in [2.75, 3.05) is 6.54 Å². The highest BCUT2D eigenvalue weighted by Gasteiger charge is 2.43. The van der Waals surface area contributed by atoms with Crippen LogP contribution in [0.5, 0.6) is 0 Å². The number of hydrogen-bond acceptors (Lipinski definition) is 3. The monoisotopic (exact) mass is 227 g/mol. The van der Waals surface area contributed by atoms with Crippen LogP contribution in [0.4, 0.5) is 0 Å². The van der Waals surface area contributed by atoms with E-state index in [1.807, 2.05) is 6.92 Å². The van der Waals surface area contributed by atoms with Crippen molar-refractivity contribution in [2.24, 2.45) is 5.73 Å². The number of aliphatic hydroxyl groups is 1. The Morgan fingerprint density at radius 2 is 2.06 bits per heavy atom. The first-order valence-electron chi connectivity index (χ1n) is 6.66. The summed E-state index contributed by atoms with van der Waals surface area (Å²) in [5.41, 5.74) is 5.04. The van der Waals surface area contributed by atoms with Gasteiger partial charge < -0.3 is 15.6 Å². The molecule has 1 spiro atoms. The maximum absolute atomic E-state index is 10.1. The molecule has 3 nitrogen and oxygen atoms in total. The Morgan fingerprint density at radius 1 is 1.38 bits per heavy atom. The van der Waals surface area contributed by atoms with E-state index < -0.39 is 5.60 Å². The Labute approximate surface area is 98.4 Å². The highest BCUT2D eigenvalue weighted by molar-refractivity contribution is 4.94. The van der Waals surface area contributed by atoms with E-state index in [0.29, 0.717) is 13.0 Å². The van der Waals surface area contributed by atoms with Gasteiger partial charge in [0.25, 0.3) is 0 Å². The Bertz CT molecular complexity index is 234. The minimum Gasteiger partial charge on any atom is -0.390 e. The molecule has 2 aliphatic rings. The molecule has 2 atom stereocenters. The van der Waals surface area contributed by atoms with Crippen molar-refractivity contribution in [1.82, 2.24) is 0 Å². The number of rotatable bonds is 4. The van der Waals surface area contributed by atoms with Crippen molar-refractivity contribution in [1.29, 1.82) is 0 Å². The van der Waals surface area contributed by atoms with Gasteiger partial charge in [-0.1, -0.05) is 12.8 Å². The lowest BCUT2D eigenvalue weighted by Gasteiger charge is -2.28. The van der Waals surface area contributed by atoms with E-state index >= 15 is 0 Å². The summed E-state index contributed by atoms with van der Waals surface area (Å²) < 4.78 is 6.19. The van der Waals surface area contributed by atoms with Gasteiger partial charge in [-0.2, -0.15) is 0 Å². The first-order valence-corrected chi connectivity index (χ1v) is 6.66. The Kier molecular flexibility index (Phi) is 3.57. The van der Waals surface area contributed by atoms with Crippen LogP contribution in [0.25, 0.3) is 0 Å². The summed E-state index contributed by atoms with van der Waals surface area (Å²) >= 11 is 0. The lowest BCUT2D eigenvalue weighted by atomic mass is 9.92. The first-order chi connectivity index (χ1) is 7.55. The van der Waals surface area contributed by atoms with Gasteiger partial charge in [-0.25, -0.2) is 0 Å². The van der Waals surface area contributed by atoms with Crippen molar-refractivity contribution in [3.8, 4) is 0 Å². The van der Waals surface area contributed by atoms with Gasteiger partial charge in [0.15, 0.2) is 0 Å². The number of ether oxygens (including phenoxy) is 1. The van der Waals surface area contributed by atoms with Crippen molar-refractivity contribution in [3.63, 3.8) is 0 Å². The quantitative estimate of drug-likeness (QED) is 0.772. The standard InChI is InChI=1S/C13H25NO2/c1-12(15,8-9-14)10-11-4-7-13(16-11)5-2-3-6-13/h11,15H,2-10,14H2,1H3. The molecule has 94 valence electrons. The fraction of sp³-hybridized carbons (Fsp3) is 1.00. The van der Waals surface area contributed by atoms with Gasteiger partial charge in [0.05, 0.1) is 17.3 Å². The normalized spacial score (nSPS) is 32.1. The van der Waals surface area contributed by atoms with Gasteiger partial charge in [-0.15, -0.1) is 0 Å². The van der Waals surface area contributed by atoms with E-state index in [2.05, 4.69) is 0 Å². The van der Waals surface area contributed by atoms with Gasteiger partial charge in [-0.3, -0.25) is 0 Å². The van der Waals surface area contributed by atoms with Crippen molar-refractivity contribution in [3.05, 3.63) is 0 Å². The molecule has 0 aromatic heterocycles. The van der Waals surface area contributed by atoms with Crippen LogP contribution in [0.2, 0.25) is 0 Å². The zero-order valence-electron chi connectivity index (χ0n) is 10.4. The fourth-order valence-electron chi connectivity index (χ4n) is 3.33. The molecule has 0 aromatic carbocycles. The summed E-state index contributed by atoms with van der Waals surface area (Å²) in [6.07, 6.45) is 9.03. The van der Waals surface area contributed by atoms with Crippen LogP contribution in [0.1, 0.15) is 58.3 Å². The van der Waals surface area contributed by atoms with Crippen LogP contribution in [0.3, 0.4) is 0 Å². The second-order valence-corrected chi connectivity index (χ2v) is 5.91. The van der Waals surface area contributed by atoms with E-state index in [1.165, 1.54) is 32.1 Å². The third-order valence-electron chi connectivity index (χ3n) is 4.20. The second kappa shape index (κ2) is 4.63. The topological polar surface area (TPSA) is 55.5 Å². The van der Waals surface area contributed by atoms with E-state index in [-0.39, 0.29) is 11.7 Å². The van der Waals surface area contributed by atoms with Gasteiger partial charge in [0, 0.05) is 6.42 Å². The zero-order chi connectivity index (χ0) is 11.6. The molecule has 3 heteroatoms. The van der Waals surface area contributed by atoms with Gasteiger partial charge in [0.2, 0.25) is 0 Å². The predicted molar refractivity (Wildman–Crippen MR) is 64.2 cm³/mol. The van der Waals surface area contributed by atoms with Crippen LogP contribution in [0, 0.1) is 0 Å². The average molecular weight is 227 g/mol. The summed E-state index contributed by atoms with van der Waals surface area (Å²) in [6, 6.07) is 0. The van der Waals surface area contributed by atoms with E-state index in [0.717, 1.165) is 12.8 Å². The minimum atomic E-state index is -0.649. The molecule has 16 heavy (non-hydrogen) atoms. The molecule has 1 aliphatic carbocycles. The van der Waals surface area contributed by atoms with Gasteiger partial charge >= 0.3 is 0 Å². The highest BCUT2D eigenvalue weighted by Crippen LogP contribution is 2.44. The van der Waals surface area contributed by atoms with Crippen molar-refractivity contribution in [2.45, 2.75) is 75.6 Å². The number of nitrogens with two attached hydrogens (primary N) is 1. The Hall–Kier alpha value is -0.120. The van der Waals surface area contributed by atoms with Crippen LogP contribution in [0.15, 0.2) is 0 Å². The molecular weight excluding hydrogens is 202 g/mol. The Balaban J connectivity index is 1.84.